The number of carbonyl (C=O) groups excluding carboxylic acids is 1. The average Bonchev–Trinajstić information content (AvgIpc) is 2.67. The van der Waals surface area contributed by atoms with E-state index in [2.05, 4.69) is 31.3 Å². The molecule has 26 heavy (non-hydrogen) atoms. The second-order valence-electron chi connectivity index (χ2n) is 6.06. The van der Waals surface area contributed by atoms with Crippen molar-refractivity contribution in [2.75, 3.05) is 0 Å². The molecule has 2 nitrogen and oxygen atoms in total. The molecule has 0 saturated carbocycles. The normalized spacial score (nSPS) is 10.3. The highest BCUT2D eigenvalue weighted by molar-refractivity contribution is 7.80. The summed E-state index contributed by atoms with van der Waals surface area (Å²) in [6.45, 7) is 4.13. The maximum Gasteiger partial charge on any atom is 0.334 e. The highest BCUT2D eigenvalue weighted by atomic mass is 32.1. The van der Waals surface area contributed by atoms with Crippen molar-refractivity contribution in [3.05, 3.63) is 102 Å². The third-order valence-electron chi connectivity index (χ3n) is 4.07. The maximum atomic E-state index is 12.2. The zero-order valence-electron chi connectivity index (χ0n) is 14.4. The summed E-state index contributed by atoms with van der Waals surface area (Å²) in [5, 5.41) is 0. The van der Waals surface area contributed by atoms with Crippen LogP contribution in [0.1, 0.15) is 11.1 Å². The van der Waals surface area contributed by atoms with E-state index in [1.807, 2.05) is 66.7 Å². The summed E-state index contributed by atoms with van der Waals surface area (Å²) >= 11 is 4.60. The second-order valence-corrected chi connectivity index (χ2v) is 6.54. The lowest BCUT2D eigenvalue weighted by Crippen LogP contribution is -2.09. The average molecular weight is 360 g/mol. The van der Waals surface area contributed by atoms with Gasteiger partial charge in [-0.3, -0.25) is 0 Å². The molecule has 0 aliphatic rings. The fraction of sp³-hybridized carbons (Fsp3) is 0.0870. The van der Waals surface area contributed by atoms with Crippen LogP contribution in [0.2, 0.25) is 0 Å². The van der Waals surface area contributed by atoms with Crippen molar-refractivity contribution in [3.8, 4) is 11.1 Å². The van der Waals surface area contributed by atoms with Crippen LogP contribution in [0.3, 0.4) is 0 Å². The van der Waals surface area contributed by atoms with Crippen LogP contribution in [0.25, 0.3) is 11.1 Å². The SMILES string of the molecule is C=C(Cc1ccc(-c2ccccc2)c(S)c1)C(=O)OCc1ccccc1. The number of rotatable bonds is 6. The van der Waals surface area contributed by atoms with E-state index in [-0.39, 0.29) is 12.6 Å². The van der Waals surface area contributed by atoms with Gasteiger partial charge in [-0.1, -0.05) is 79.4 Å². The van der Waals surface area contributed by atoms with Gasteiger partial charge in [0, 0.05) is 16.9 Å². The molecule has 0 N–H and O–H groups in total. The minimum absolute atomic E-state index is 0.253. The quantitative estimate of drug-likeness (QED) is 0.358. The van der Waals surface area contributed by atoms with Crippen LogP contribution in [0.5, 0.6) is 0 Å². The largest absolute Gasteiger partial charge is 0.457 e. The van der Waals surface area contributed by atoms with Crippen LogP contribution in [0, 0.1) is 0 Å². The monoisotopic (exact) mass is 360 g/mol. The van der Waals surface area contributed by atoms with E-state index in [0.717, 1.165) is 27.1 Å². The Morgan fingerprint density at radius 1 is 0.885 bits per heavy atom. The number of ether oxygens (including phenoxy) is 1. The third kappa shape index (κ3) is 4.64. The summed E-state index contributed by atoms with van der Waals surface area (Å²) in [6.07, 6.45) is 0.441. The molecule has 0 fully saturated rings. The molecule has 0 saturated heterocycles. The lowest BCUT2D eigenvalue weighted by atomic mass is 10.0. The lowest BCUT2D eigenvalue weighted by Gasteiger charge is -2.10. The van der Waals surface area contributed by atoms with Crippen molar-refractivity contribution in [2.45, 2.75) is 17.9 Å². The van der Waals surface area contributed by atoms with Crippen molar-refractivity contribution < 1.29 is 9.53 Å². The second kappa shape index (κ2) is 8.54. The Kier molecular flexibility index (Phi) is 5.92. The topological polar surface area (TPSA) is 26.3 Å². The standard InChI is InChI=1S/C23H20O2S/c1-17(23(24)25-16-18-8-4-2-5-9-18)14-19-12-13-21(22(26)15-19)20-10-6-3-7-11-20/h2-13,15,26H,1,14,16H2. The van der Waals surface area contributed by atoms with Gasteiger partial charge >= 0.3 is 5.97 Å². The van der Waals surface area contributed by atoms with E-state index >= 15 is 0 Å². The lowest BCUT2D eigenvalue weighted by molar-refractivity contribution is -0.140. The molecule has 3 aromatic carbocycles. The molecule has 0 aliphatic carbocycles. The number of esters is 1. The molecular weight excluding hydrogens is 340 g/mol. The Bertz CT molecular complexity index is 902. The van der Waals surface area contributed by atoms with Crippen molar-refractivity contribution in [2.24, 2.45) is 0 Å². The van der Waals surface area contributed by atoms with Gasteiger partial charge in [0.2, 0.25) is 0 Å². The highest BCUT2D eigenvalue weighted by Gasteiger charge is 2.11. The molecule has 0 amide bonds. The van der Waals surface area contributed by atoms with Crippen molar-refractivity contribution in [1.82, 2.24) is 0 Å². The van der Waals surface area contributed by atoms with Crippen molar-refractivity contribution in [3.63, 3.8) is 0 Å². The highest BCUT2D eigenvalue weighted by Crippen LogP contribution is 2.28. The first kappa shape index (κ1) is 18.0. The molecule has 0 aromatic heterocycles. The number of hydrogen-bond acceptors (Lipinski definition) is 3. The maximum absolute atomic E-state index is 12.2. The van der Waals surface area contributed by atoms with Gasteiger partial charge in [0.1, 0.15) is 6.61 Å². The van der Waals surface area contributed by atoms with Crippen molar-refractivity contribution in [1.29, 1.82) is 0 Å². The number of benzene rings is 3. The molecule has 0 heterocycles. The van der Waals surface area contributed by atoms with Crippen LogP contribution >= 0.6 is 12.6 Å². The molecule has 3 rings (SSSR count). The summed E-state index contributed by atoms with van der Waals surface area (Å²) in [6, 6.07) is 25.7. The van der Waals surface area contributed by atoms with Crippen LogP contribution in [-0.2, 0) is 22.6 Å². The number of hydrogen-bond donors (Lipinski definition) is 1. The molecule has 0 atom stereocenters. The Balaban J connectivity index is 1.62. The summed E-state index contributed by atoms with van der Waals surface area (Å²) in [5.74, 6) is -0.373. The zero-order valence-corrected chi connectivity index (χ0v) is 15.3. The number of thiol groups is 1. The van der Waals surface area contributed by atoms with Crippen LogP contribution in [0.15, 0.2) is 95.9 Å². The third-order valence-corrected chi connectivity index (χ3v) is 4.44. The summed E-state index contributed by atoms with van der Waals surface area (Å²) in [5.41, 5.74) is 4.55. The van der Waals surface area contributed by atoms with Gasteiger partial charge in [-0.05, 0) is 28.3 Å². The van der Waals surface area contributed by atoms with E-state index in [0.29, 0.717) is 12.0 Å². The van der Waals surface area contributed by atoms with Gasteiger partial charge < -0.3 is 4.74 Å². The Morgan fingerprint density at radius 3 is 2.19 bits per heavy atom. The molecular formula is C23H20O2S. The minimum Gasteiger partial charge on any atom is -0.457 e. The fourth-order valence-electron chi connectivity index (χ4n) is 2.69. The molecule has 3 heteroatoms. The molecule has 0 bridgehead atoms. The fourth-order valence-corrected chi connectivity index (χ4v) is 3.06. The molecule has 0 aliphatic heterocycles. The summed E-state index contributed by atoms with van der Waals surface area (Å²) < 4.78 is 5.33. The van der Waals surface area contributed by atoms with E-state index in [9.17, 15) is 4.79 Å². The summed E-state index contributed by atoms with van der Waals surface area (Å²) in [4.78, 5) is 13.0. The van der Waals surface area contributed by atoms with E-state index in [1.165, 1.54) is 0 Å². The van der Waals surface area contributed by atoms with Gasteiger partial charge in [-0.2, -0.15) is 0 Å². The predicted octanol–water partition coefficient (Wildman–Crippen LogP) is 5.48. The van der Waals surface area contributed by atoms with Crippen LogP contribution in [0.4, 0.5) is 0 Å². The first-order valence-corrected chi connectivity index (χ1v) is 8.84. The Hall–Kier alpha value is -2.78. The van der Waals surface area contributed by atoms with Crippen molar-refractivity contribution >= 4 is 18.6 Å². The van der Waals surface area contributed by atoms with Gasteiger partial charge in [0.05, 0.1) is 0 Å². The molecule has 0 spiro atoms. The molecule has 0 radical (unpaired) electrons. The van der Waals surface area contributed by atoms with Gasteiger partial charge in [-0.15, -0.1) is 12.6 Å². The first-order chi connectivity index (χ1) is 12.6. The number of carbonyl (C=O) groups is 1. The van der Waals surface area contributed by atoms with E-state index < -0.39 is 0 Å². The minimum atomic E-state index is -0.373. The molecule has 130 valence electrons. The zero-order chi connectivity index (χ0) is 18.4. The van der Waals surface area contributed by atoms with E-state index in [4.69, 9.17) is 4.74 Å². The van der Waals surface area contributed by atoms with Crippen LogP contribution in [-0.4, -0.2) is 5.97 Å². The molecule has 3 aromatic rings. The molecule has 0 unspecified atom stereocenters. The van der Waals surface area contributed by atoms with Gasteiger partial charge in [-0.25, -0.2) is 4.79 Å². The van der Waals surface area contributed by atoms with Gasteiger partial charge in [0.25, 0.3) is 0 Å². The van der Waals surface area contributed by atoms with E-state index in [1.54, 1.807) is 0 Å². The van der Waals surface area contributed by atoms with Gasteiger partial charge in [0.15, 0.2) is 0 Å². The predicted molar refractivity (Wildman–Crippen MR) is 108 cm³/mol. The first-order valence-electron chi connectivity index (χ1n) is 8.39. The Morgan fingerprint density at radius 2 is 1.54 bits per heavy atom. The smallest absolute Gasteiger partial charge is 0.334 e. The van der Waals surface area contributed by atoms with Crippen LogP contribution < -0.4 is 0 Å². The summed E-state index contributed by atoms with van der Waals surface area (Å²) in [7, 11) is 0. The Labute approximate surface area is 159 Å².